The van der Waals surface area contributed by atoms with Crippen LogP contribution in [0, 0.1) is 11.8 Å². The van der Waals surface area contributed by atoms with Crippen LogP contribution in [-0.4, -0.2) is 43.0 Å². The van der Waals surface area contributed by atoms with Gasteiger partial charge in [0.1, 0.15) is 12.4 Å². The van der Waals surface area contributed by atoms with Crippen LogP contribution >= 0.6 is 0 Å². The SMILES string of the molecule is O=C(NCCCOCc1ccco1)C1CCCN(C(=O)C2CC2)C1. The molecule has 1 aromatic heterocycles. The smallest absolute Gasteiger partial charge is 0.225 e. The van der Waals surface area contributed by atoms with E-state index < -0.39 is 0 Å². The second-order valence-corrected chi connectivity index (χ2v) is 6.67. The van der Waals surface area contributed by atoms with Crippen LogP contribution in [0.4, 0.5) is 0 Å². The maximum Gasteiger partial charge on any atom is 0.225 e. The molecule has 24 heavy (non-hydrogen) atoms. The Morgan fingerprint density at radius 2 is 2.17 bits per heavy atom. The molecule has 1 aromatic rings. The topological polar surface area (TPSA) is 71.8 Å². The first-order valence-corrected chi connectivity index (χ1v) is 8.90. The van der Waals surface area contributed by atoms with E-state index in [2.05, 4.69) is 5.32 Å². The lowest BCUT2D eigenvalue weighted by Gasteiger charge is -2.32. The molecule has 1 N–H and O–H groups in total. The summed E-state index contributed by atoms with van der Waals surface area (Å²) >= 11 is 0. The van der Waals surface area contributed by atoms with E-state index in [0.29, 0.717) is 26.3 Å². The monoisotopic (exact) mass is 334 g/mol. The van der Waals surface area contributed by atoms with Gasteiger partial charge in [-0.25, -0.2) is 0 Å². The Balaban J connectivity index is 1.29. The molecule has 1 saturated carbocycles. The van der Waals surface area contributed by atoms with Crippen LogP contribution in [0.5, 0.6) is 0 Å². The van der Waals surface area contributed by atoms with Gasteiger partial charge in [0.2, 0.25) is 11.8 Å². The van der Waals surface area contributed by atoms with Gasteiger partial charge in [-0.1, -0.05) is 0 Å². The van der Waals surface area contributed by atoms with Gasteiger partial charge in [0.15, 0.2) is 0 Å². The molecule has 6 heteroatoms. The summed E-state index contributed by atoms with van der Waals surface area (Å²) in [6.45, 7) is 3.03. The van der Waals surface area contributed by atoms with E-state index in [9.17, 15) is 9.59 Å². The third-order valence-corrected chi connectivity index (χ3v) is 4.62. The van der Waals surface area contributed by atoms with Crippen LogP contribution in [-0.2, 0) is 20.9 Å². The predicted octanol–water partition coefficient (Wildman–Crippen LogP) is 1.95. The van der Waals surface area contributed by atoms with Crippen LogP contribution in [0.2, 0.25) is 0 Å². The molecule has 0 spiro atoms. The molecule has 2 fully saturated rings. The molecule has 2 aliphatic rings. The Hall–Kier alpha value is -1.82. The Morgan fingerprint density at radius 3 is 2.92 bits per heavy atom. The zero-order valence-electron chi connectivity index (χ0n) is 14.0. The zero-order chi connectivity index (χ0) is 16.8. The molecule has 1 unspecified atom stereocenters. The molecule has 0 radical (unpaired) electrons. The van der Waals surface area contributed by atoms with Crippen molar-refractivity contribution in [3.63, 3.8) is 0 Å². The molecule has 0 bridgehead atoms. The number of likely N-dealkylation sites (tertiary alicyclic amines) is 1. The highest BCUT2D eigenvalue weighted by Crippen LogP contribution is 2.32. The van der Waals surface area contributed by atoms with Gasteiger partial charge in [-0.15, -0.1) is 0 Å². The van der Waals surface area contributed by atoms with Crippen LogP contribution < -0.4 is 5.32 Å². The molecule has 3 rings (SSSR count). The van der Waals surface area contributed by atoms with Crippen molar-refractivity contribution in [1.82, 2.24) is 10.2 Å². The molecule has 132 valence electrons. The Bertz CT molecular complexity index is 539. The number of amides is 2. The Labute approximate surface area is 142 Å². The normalized spacial score (nSPS) is 20.8. The lowest BCUT2D eigenvalue weighted by molar-refractivity contribution is -0.136. The quantitative estimate of drug-likeness (QED) is 0.738. The number of rotatable bonds is 8. The highest BCUT2D eigenvalue weighted by Gasteiger charge is 2.36. The number of piperidine rings is 1. The molecular formula is C18H26N2O4. The summed E-state index contributed by atoms with van der Waals surface area (Å²) in [6.07, 6.45) is 6.22. The van der Waals surface area contributed by atoms with Crippen molar-refractivity contribution in [3.8, 4) is 0 Å². The predicted molar refractivity (Wildman–Crippen MR) is 88.0 cm³/mol. The van der Waals surface area contributed by atoms with Gasteiger partial charge >= 0.3 is 0 Å². The molecule has 2 amide bonds. The fourth-order valence-corrected chi connectivity index (χ4v) is 3.08. The van der Waals surface area contributed by atoms with E-state index in [1.54, 1.807) is 6.26 Å². The van der Waals surface area contributed by atoms with Gasteiger partial charge in [-0.3, -0.25) is 9.59 Å². The zero-order valence-corrected chi connectivity index (χ0v) is 14.0. The molecule has 0 aromatic carbocycles. The minimum Gasteiger partial charge on any atom is -0.467 e. The van der Waals surface area contributed by atoms with E-state index in [1.165, 1.54) is 0 Å². The van der Waals surface area contributed by atoms with Crippen molar-refractivity contribution >= 4 is 11.8 Å². The highest BCUT2D eigenvalue weighted by molar-refractivity contribution is 5.83. The minimum absolute atomic E-state index is 0.0642. The molecule has 1 saturated heterocycles. The third kappa shape index (κ3) is 4.84. The van der Waals surface area contributed by atoms with E-state index in [0.717, 1.165) is 44.4 Å². The number of hydrogen-bond donors (Lipinski definition) is 1. The molecular weight excluding hydrogens is 308 g/mol. The summed E-state index contributed by atoms with van der Waals surface area (Å²) < 4.78 is 10.7. The second-order valence-electron chi connectivity index (χ2n) is 6.67. The van der Waals surface area contributed by atoms with Crippen molar-refractivity contribution in [2.24, 2.45) is 11.8 Å². The average molecular weight is 334 g/mol. The van der Waals surface area contributed by atoms with Gasteiger partial charge in [-0.05, 0) is 44.2 Å². The fourth-order valence-electron chi connectivity index (χ4n) is 3.08. The summed E-state index contributed by atoms with van der Waals surface area (Å²) in [6, 6.07) is 3.71. The molecule has 1 aliphatic heterocycles. The maximum absolute atomic E-state index is 12.3. The van der Waals surface area contributed by atoms with E-state index >= 15 is 0 Å². The Morgan fingerprint density at radius 1 is 1.29 bits per heavy atom. The number of ether oxygens (including phenoxy) is 1. The van der Waals surface area contributed by atoms with Crippen LogP contribution in [0.3, 0.4) is 0 Å². The number of nitrogens with one attached hydrogen (secondary N) is 1. The minimum atomic E-state index is -0.0644. The number of nitrogens with zero attached hydrogens (tertiary/aromatic N) is 1. The lowest BCUT2D eigenvalue weighted by Crippen LogP contribution is -2.46. The molecule has 1 aliphatic carbocycles. The number of carbonyl (C=O) groups is 2. The number of carbonyl (C=O) groups excluding carboxylic acids is 2. The van der Waals surface area contributed by atoms with Crippen molar-refractivity contribution < 1.29 is 18.7 Å². The third-order valence-electron chi connectivity index (χ3n) is 4.62. The molecule has 2 heterocycles. The lowest BCUT2D eigenvalue weighted by atomic mass is 9.96. The van der Waals surface area contributed by atoms with Crippen molar-refractivity contribution in [3.05, 3.63) is 24.2 Å². The summed E-state index contributed by atoms with van der Waals surface area (Å²) in [4.78, 5) is 26.3. The average Bonchev–Trinajstić information content (AvgIpc) is 3.33. The summed E-state index contributed by atoms with van der Waals surface area (Å²) in [5, 5.41) is 2.97. The molecule has 1 atom stereocenters. The summed E-state index contributed by atoms with van der Waals surface area (Å²) in [5.74, 6) is 1.29. The van der Waals surface area contributed by atoms with Gasteiger partial charge in [0.25, 0.3) is 0 Å². The molecule has 6 nitrogen and oxygen atoms in total. The summed E-state index contributed by atoms with van der Waals surface area (Å²) in [7, 11) is 0. The number of furan rings is 1. The van der Waals surface area contributed by atoms with Crippen LogP contribution in [0.1, 0.15) is 37.9 Å². The Kier molecular flexibility index (Phi) is 5.91. The highest BCUT2D eigenvalue weighted by atomic mass is 16.5. The fraction of sp³-hybridized carbons (Fsp3) is 0.667. The number of hydrogen-bond acceptors (Lipinski definition) is 4. The van der Waals surface area contributed by atoms with E-state index in [4.69, 9.17) is 9.15 Å². The first kappa shape index (κ1) is 17.0. The summed E-state index contributed by atoms with van der Waals surface area (Å²) in [5.41, 5.74) is 0. The van der Waals surface area contributed by atoms with Gasteiger partial charge in [0, 0.05) is 32.2 Å². The maximum atomic E-state index is 12.3. The first-order chi connectivity index (χ1) is 11.7. The first-order valence-electron chi connectivity index (χ1n) is 8.90. The van der Waals surface area contributed by atoms with Crippen LogP contribution in [0.15, 0.2) is 22.8 Å². The standard InChI is InChI=1S/C18H26N2O4/c21-17(19-8-3-10-23-13-16-5-2-11-24-16)15-4-1-9-20(12-15)18(22)14-6-7-14/h2,5,11,14-15H,1,3-4,6-10,12-13H2,(H,19,21). The second kappa shape index (κ2) is 8.33. The van der Waals surface area contributed by atoms with E-state index in [1.807, 2.05) is 17.0 Å². The van der Waals surface area contributed by atoms with Crippen molar-refractivity contribution in [2.45, 2.75) is 38.7 Å². The van der Waals surface area contributed by atoms with Crippen molar-refractivity contribution in [1.29, 1.82) is 0 Å². The van der Waals surface area contributed by atoms with Crippen LogP contribution in [0.25, 0.3) is 0 Å². The largest absolute Gasteiger partial charge is 0.467 e. The van der Waals surface area contributed by atoms with E-state index in [-0.39, 0.29) is 23.7 Å². The van der Waals surface area contributed by atoms with Crippen molar-refractivity contribution in [2.75, 3.05) is 26.2 Å². The van der Waals surface area contributed by atoms with Gasteiger partial charge in [0.05, 0.1) is 12.2 Å². The van der Waals surface area contributed by atoms with Gasteiger partial charge in [-0.2, -0.15) is 0 Å². The van der Waals surface area contributed by atoms with Gasteiger partial charge < -0.3 is 19.4 Å².